The Labute approximate surface area is 130 Å². The van der Waals surface area contributed by atoms with Gasteiger partial charge in [0.05, 0.1) is 19.6 Å². The summed E-state index contributed by atoms with van der Waals surface area (Å²) in [5.41, 5.74) is 1.41. The molecule has 1 N–H and O–H groups in total. The van der Waals surface area contributed by atoms with Gasteiger partial charge in [0, 0.05) is 17.5 Å². The number of anilines is 1. The smallest absolute Gasteiger partial charge is 0.332 e. The third-order valence-electron chi connectivity index (χ3n) is 2.66. The average Bonchev–Trinajstić information content (AvgIpc) is 2.45. The van der Waals surface area contributed by atoms with Gasteiger partial charge in [0.1, 0.15) is 5.82 Å². The second kappa shape index (κ2) is 9.55. The molecule has 120 valence electrons. The molecule has 22 heavy (non-hydrogen) atoms. The van der Waals surface area contributed by atoms with Crippen molar-refractivity contribution < 1.29 is 19.1 Å². The highest BCUT2D eigenvalue weighted by Gasteiger charge is 2.08. The van der Waals surface area contributed by atoms with Crippen LogP contribution in [-0.2, 0) is 19.1 Å². The largest absolute Gasteiger partial charge is 0.466 e. The van der Waals surface area contributed by atoms with Crippen molar-refractivity contribution in [2.75, 3.05) is 18.5 Å². The van der Waals surface area contributed by atoms with Crippen molar-refractivity contribution in [1.82, 2.24) is 4.98 Å². The minimum absolute atomic E-state index is 0.178. The van der Waals surface area contributed by atoms with Crippen LogP contribution in [0.1, 0.15) is 32.4 Å². The first-order chi connectivity index (χ1) is 10.5. The molecular weight excluding hydrogens is 284 g/mol. The van der Waals surface area contributed by atoms with Gasteiger partial charge >= 0.3 is 11.9 Å². The van der Waals surface area contributed by atoms with Gasteiger partial charge < -0.3 is 14.8 Å². The molecule has 1 aromatic heterocycles. The van der Waals surface area contributed by atoms with Crippen molar-refractivity contribution in [3.8, 4) is 0 Å². The van der Waals surface area contributed by atoms with Gasteiger partial charge in [-0.2, -0.15) is 0 Å². The zero-order valence-corrected chi connectivity index (χ0v) is 13.2. The maximum absolute atomic E-state index is 11.6. The summed E-state index contributed by atoms with van der Waals surface area (Å²) < 4.78 is 9.78. The molecule has 0 amide bonds. The minimum atomic E-state index is -0.457. The molecule has 0 bridgehead atoms. The topological polar surface area (TPSA) is 77.5 Å². The average molecular weight is 306 g/mol. The molecule has 6 heteroatoms. The van der Waals surface area contributed by atoms with Gasteiger partial charge in [0.2, 0.25) is 0 Å². The number of allylic oxidation sites excluding steroid dienone is 1. The normalized spacial score (nSPS) is 11.0. The summed E-state index contributed by atoms with van der Waals surface area (Å²) in [6.45, 7) is 5.99. The zero-order valence-electron chi connectivity index (χ0n) is 13.2. The molecule has 1 aromatic rings. The number of hydrogen-bond acceptors (Lipinski definition) is 6. The van der Waals surface area contributed by atoms with Crippen LogP contribution < -0.4 is 5.32 Å². The number of esters is 2. The van der Waals surface area contributed by atoms with E-state index in [4.69, 9.17) is 9.47 Å². The molecule has 0 unspecified atom stereocenters. The van der Waals surface area contributed by atoms with Crippen LogP contribution in [0.25, 0.3) is 0 Å². The molecular formula is C16H22N2O4. The number of ether oxygens (including phenoxy) is 2. The van der Waals surface area contributed by atoms with E-state index >= 15 is 0 Å². The Morgan fingerprint density at radius 2 is 1.91 bits per heavy atom. The first kappa shape index (κ1) is 17.7. The minimum Gasteiger partial charge on any atom is -0.466 e. The predicted molar refractivity (Wildman–Crippen MR) is 83.2 cm³/mol. The number of aryl methyl sites for hydroxylation is 1. The summed E-state index contributed by atoms with van der Waals surface area (Å²) in [5, 5.41) is 3.05. The molecule has 1 rings (SSSR count). The molecule has 1 heterocycles. The lowest BCUT2D eigenvalue weighted by atomic mass is 10.2. The van der Waals surface area contributed by atoms with Crippen LogP contribution in [0.3, 0.4) is 0 Å². The Bertz CT molecular complexity index is 541. The molecule has 0 aromatic carbocycles. The van der Waals surface area contributed by atoms with Crippen LogP contribution in [0.4, 0.5) is 5.82 Å². The van der Waals surface area contributed by atoms with E-state index in [9.17, 15) is 9.59 Å². The predicted octanol–water partition coefficient (Wildman–Crippen LogP) is 2.59. The maximum Gasteiger partial charge on any atom is 0.332 e. The van der Waals surface area contributed by atoms with Gasteiger partial charge in [-0.3, -0.25) is 4.79 Å². The summed E-state index contributed by atoms with van der Waals surface area (Å²) in [7, 11) is 0. The molecule has 0 saturated heterocycles. The van der Waals surface area contributed by atoms with Crippen molar-refractivity contribution >= 4 is 17.8 Å². The number of nitrogens with one attached hydrogen (secondary N) is 1. The standard InChI is InChI=1S/C16H22N2O4/c1-4-21-15(19)10-9-13(11-16(20)22-5-2)18-14-8-6-7-12(3)17-14/h6-8,11H,4-5,9-10H2,1-3H3,(H,17,18). The first-order valence-electron chi connectivity index (χ1n) is 7.28. The van der Waals surface area contributed by atoms with Crippen LogP contribution >= 0.6 is 0 Å². The highest BCUT2D eigenvalue weighted by atomic mass is 16.5. The summed E-state index contributed by atoms with van der Waals surface area (Å²) in [5.74, 6) is -0.155. The van der Waals surface area contributed by atoms with E-state index in [0.717, 1.165) is 5.69 Å². The molecule has 0 aliphatic heterocycles. The lowest BCUT2D eigenvalue weighted by molar-refractivity contribution is -0.143. The van der Waals surface area contributed by atoms with Crippen LogP contribution in [0.15, 0.2) is 30.0 Å². The van der Waals surface area contributed by atoms with E-state index in [1.54, 1.807) is 19.9 Å². The Hall–Kier alpha value is -2.37. The van der Waals surface area contributed by atoms with E-state index in [1.165, 1.54) is 6.08 Å². The lowest BCUT2D eigenvalue weighted by Gasteiger charge is -2.11. The fourth-order valence-corrected chi connectivity index (χ4v) is 1.74. The summed E-state index contributed by atoms with van der Waals surface area (Å²) in [6.07, 6.45) is 1.86. The fraction of sp³-hybridized carbons (Fsp3) is 0.438. The Morgan fingerprint density at radius 1 is 1.18 bits per heavy atom. The molecule has 6 nitrogen and oxygen atoms in total. The van der Waals surface area contributed by atoms with Gasteiger partial charge in [0.25, 0.3) is 0 Å². The van der Waals surface area contributed by atoms with Gasteiger partial charge in [-0.05, 0) is 39.3 Å². The molecule has 0 radical (unpaired) electrons. The third kappa shape index (κ3) is 6.88. The lowest BCUT2D eigenvalue weighted by Crippen LogP contribution is -2.10. The summed E-state index contributed by atoms with van der Waals surface area (Å²) in [4.78, 5) is 27.4. The van der Waals surface area contributed by atoms with E-state index in [-0.39, 0.29) is 12.4 Å². The summed E-state index contributed by atoms with van der Waals surface area (Å²) in [6, 6.07) is 5.52. The van der Waals surface area contributed by atoms with E-state index in [0.29, 0.717) is 31.1 Å². The molecule has 0 aliphatic rings. The Balaban J connectivity index is 2.77. The zero-order chi connectivity index (χ0) is 16.4. The van der Waals surface area contributed by atoms with Gasteiger partial charge in [-0.1, -0.05) is 6.07 Å². The number of nitrogens with zero attached hydrogens (tertiary/aromatic N) is 1. The molecule has 0 saturated carbocycles. The number of pyridine rings is 1. The number of carbonyl (C=O) groups excluding carboxylic acids is 2. The Morgan fingerprint density at radius 3 is 2.55 bits per heavy atom. The van der Waals surface area contributed by atoms with Gasteiger partial charge in [-0.25, -0.2) is 9.78 Å². The van der Waals surface area contributed by atoms with Crippen LogP contribution in [0, 0.1) is 6.92 Å². The highest BCUT2D eigenvalue weighted by molar-refractivity contribution is 5.83. The number of aromatic nitrogens is 1. The van der Waals surface area contributed by atoms with Gasteiger partial charge in [0.15, 0.2) is 0 Å². The fourth-order valence-electron chi connectivity index (χ4n) is 1.74. The number of rotatable bonds is 8. The first-order valence-corrected chi connectivity index (χ1v) is 7.28. The second-order valence-corrected chi connectivity index (χ2v) is 4.52. The summed E-state index contributed by atoms with van der Waals surface area (Å²) >= 11 is 0. The molecule has 0 atom stereocenters. The SMILES string of the molecule is CCOC(=O)C=C(CCC(=O)OCC)Nc1cccc(C)n1. The van der Waals surface area contributed by atoms with E-state index in [1.807, 2.05) is 19.1 Å². The van der Waals surface area contributed by atoms with Crippen LogP contribution in [-0.4, -0.2) is 30.1 Å². The monoisotopic (exact) mass is 306 g/mol. The maximum atomic E-state index is 11.6. The highest BCUT2D eigenvalue weighted by Crippen LogP contribution is 2.12. The van der Waals surface area contributed by atoms with Crippen molar-refractivity contribution in [2.24, 2.45) is 0 Å². The molecule has 0 spiro atoms. The second-order valence-electron chi connectivity index (χ2n) is 4.52. The van der Waals surface area contributed by atoms with E-state index < -0.39 is 5.97 Å². The quantitative estimate of drug-likeness (QED) is 0.587. The van der Waals surface area contributed by atoms with Crippen LogP contribution in [0.2, 0.25) is 0 Å². The van der Waals surface area contributed by atoms with E-state index in [2.05, 4.69) is 10.3 Å². The molecule has 0 fully saturated rings. The number of carbonyl (C=O) groups is 2. The van der Waals surface area contributed by atoms with Crippen molar-refractivity contribution in [2.45, 2.75) is 33.6 Å². The van der Waals surface area contributed by atoms with Crippen molar-refractivity contribution in [1.29, 1.82) is 0 Å². The third-order valence-corrected chi connectivity index (χ3v) is 2.66. The molecule has 0 aliphatic carbocycles. The Kier molecular flexibility index (Phi) is 7.67. The van der Waals surface area contributed by atoms with Gasteiger partial charge in [-0.15, -0.1) is 0 Å². The van der Waals surface area contributed by atoms with Crippen LogP contribution in [0.5, 0.6) is 0 Å². The number of hydrogen-bond donors (Lipinski definition) is 1. The van der Waals surface area contributed by atoms with Crippen molar-refractivity contribution in [3.05, 3.63) is 35.7 Å². The van der Waals surface area contributed by atoms with Crippen molar-refractivity contribution in [3.63, 3.8) is 0 Å².